The summed E-state index contributed by atoms with van der Waals surface area (Å²) in [5, 5.41) is 2.95. The van der Waals surface area contributed by atoms with Gasteiger partial charge < -0.3 is 15.8 Å². The fourth-order valence-corrected chi connectivity index (χ4v) is 2.42. The number of amides is 1. The molecular weight excluding hydrogens is 216 g/mol. The molecule has 0 spiro atoms. The van der Waals surface area contributed by atoms with Gasteiger partial charge in [-0.15, -0.1) is 0 Å². The van der Waals surface area contributed by atoms with Crippen LogP contribution in [0.3, 0.4) is 0 Å². The Morgan fingerprint density at radius 2 is 2.12 bits per heavy atom. The van der Waals surface area contributed by atoms with Crippen molar-refractivity contribution in [2.75, 3.05) is 13.2 Å². The van der Waals surface area contributed by atoms with Gasteiger partial charge in [-0.25, -0.2) is 0 Å². The maximum Gasteiger partial charge on any atom is 0.225 e. The van der Waals surface area contributed by atoms with E-state index >= 15 is 0 Å². The van der Waals surface area contributed by atoms with Crippen molar-refractivity contribution < 1.29 is 9.53 Å². The molecule has 1 heterocycles. The predicted octanol–water partition coefficient (Wildman–Crippen LogP) is 1.29. The summed E-state index contributed by atoms with van der Waals surface area (Å²) in [4.78, 5) is 11.8. The van der Waals surface area contributed by atoms with E-state index in [2.05, 4.69) is 19.2 Å². The quantitative estimate of drug-likeness (QED) is 0.737. The van der Waals surface area contributed by atoms with E-state index in [0.717, 1.165) is 19.3 Å². The van der Waals surface area contributed by atoms with E-state index in [9.17, 15) is 4.79 Å². The monoisotopic (exact) mass is 242 g/mol. The van der Waals surface area contributed by atoms with Gasteiger partial charge >= 0.3 is 0 Å². The molecule has 0 saturated carbocycles. The van der Waals surface area contributed by atoms with Crippen LogP contribution in [-0.2, 0) is 9.53 Å². The van der Waals surface area contributed by atoms with Crippen LogP contribution in [0, 0.1) is 11.8 Å². The summed E-state index contributed by atoms with van der Waals surface area (Å²) in [7, 11) is 0. The molecule has 0 aromatic carbocycles. The summed E-state index contributed by atoms with van der Waals surface area (Å²) in [5.74, 6) is 0.601. The molecule has 1 fully saturated rings. The van der Waals surface area contributed by atoms with Gasteiger partial charge in [0.15, 0.2) is 0 Å². The molecule has 1 rings (SSSR count). The van der Waals surface area contributed by atoms with E-state index in [0.29, 0.717) is 19.1 Å². The van der Waals surface area contributed by atoms with Crippen molar-refractivity contribution in [1.29, 1.82) is 0 Å². The highest BCUT2D eigenvalue weighted by molar-refractivity contribution is 5.79. The van der Waals surface area contributed by atoms with Gasteiger partial charge in [-0.3, -0.25) is 4.79 Å². The van der Waals surface area contributed by atoms with Crippen LogP contribution >= 0.6 is 0 Å². The van der Waals surface area contributed by atoms with Crippen molar-refractivity contribution >= 4 is 5.91 Å². The Bertz CT molecular complexity index is 242. The number of nitrogens with two attached hydrogens (primary N) is 1. The first kappa shape index (κ1) is 14.5. The van der Waals surface area contributed by atoms with Gasteiger partial charge in [0.2, 0.25) is 5.91 Å². The van der Waals surface area contributed by atoms with Crippen molar-refractivity contribution in [3.63, 3.8) is 0 Å². The van der Waals surface area contributed by atoms with Crippen LogP contribution in [0.4, 0.5) is 0 Å². The lowest BCUT2D eigenvalue weighted by Crippen LogP contribution is -2.43. The second-order valence-electron chi connectivity index (χ2n) is 5.06. The third kappa shape index (κ3) is 4.28. The number of ether oxygens (including phenoxy) is 1. The van der Waals surface area contributed by atoms with Crippen molar-refractivity contribution in [1.82, 2.24) is 5.32 Å². The average Bonchev–Trinajstić information content (AvgIpc) is 2.74. The van der Waals surface area contributed by atoms with Gasteiger partial charge in [-0.2, -0.15) is 0 Å². The summed E-state index contributed by atoms with van der Waals surface area (Å²) in [6.07, 6.45) is 3.17. The Labute approximate surface area is 104 Å². The number of carbonyl (C=O) groups is 1. The summed E-state index contributed by atoms with van der Waals surface area (Å²) in [5.41, 5.74) is 6.07. The zero-order valence-electron chi connectivity index (χ0n) is 11.2. The van der Waals surface area contributed by atoms with Crippen LogP contribution in [0.25, 0.3) is 0 Å². The molecule has 0 aliphatic carbocycles. The van der Waals surface area contributed by atoms with E-state index in [1.165, 1.54) is 0 Å². The summed E-state index contributed by atoms with van der Waals surface area (Å²) < 4.78 is 5.39. The minimum atomic E-state index is 0.0129. The molecule has 3 atom stereocenters. The molecule has 0 radical (unpaired) electrons. The minimum Gasteiger partial charge on any atom is -0.378 e. The predicted molar refractivity (Wildman–Crippen MR) is 68.6 cm³/mol. The van der Waals surface area contributed by atoms with Crippen LogP contribution in [0.5, 0.6) is 0 Å². The third-order valence-electron chi connectivity index (χ3n) is 3.74. The maximum atomic E-state index is 11.8. The number of carbonyl (C=O) groups excluding carboxylic acids is 1. The highest BCUT2D eigenvalue weighted by Crippen LogP contribution is 2.19. The first-order valence-electron chi connectivity index (χ1n) is 6.73. The third-order valence-corrected chi connectivity index (χ3v) is 3.74. The molecule has 100 valence electrons. The van der Waals surface area contributed by atoms with E-state index in [4.69, 9.17) is 10.5 Å². The van der Waals surface area contributed by atoms with Gasteiger partial charge in [0.05, 0.1) is 18.6 Å². The lowest BCUT2D eigenvalue weighted by Gasteiger charge is -2.22. The molecule has 3 N–H and O–H groups in total. The Balaban J connectivity index is 2.27. The summed E-state index contributed by atoms with van der Waals surface area (Å²) in [6, 6.07) is 0.0636. The van der Waals surface area contributed by atoms with Crippen molar-refractivity contribution in [2.24, 2.45) is 17.6 Å². The highest BCUT2D eigenvalue weighted by Gasteiger charge is 2.28. The second-order valence-corrected chi connectivity index (χ2v) is 5.06. The molecule has 17 heavy (non-hydrogen) atoms. The number of rotatable bonds is 6. The van der Waals surface area contributed by atoms with E-state index < -0.39 is 0 Å². The number of nitrogens with one attached hydrogen (secondary N) is 1. The SMILES string of the molecule is CCC(CC)C(N)CNC(=O)C1COC(C)C1. The molecule has 1 saturated heterocycles. The maximum absolute atomic E-state index is 11.8. The topological polar surface area (TPSA) is 64.3 Å². The first-order chi connectivity index (χ1) is 8.08. The average molecular weight is 242 g/mol. The second kappa shape index (κ2) is 6.97. The normalized spacial score (nSPS) is 26.2. The molecule has 1 aliphatic heterocycles. The summed E-state index contributed by atoms with van der Waals surface area (Å²) in [6.45, 7) is 7.41. The number of hydrogen-bond acceptors (Lipinski definition) is 3. The number of hydrogen-bond donors (Lipinski definition) is 2. The fourth-order valence-electron chi connectivity index (χ4n) is 2.42. The molecule has 1 aliphatic rings. The van der Waals surface area contributed by atoms with Gasteiger partial charge in [0.1, 0.15) is 0 Å². The van der Waals surface area contributed by atoms with E-state index in [1.807, 2.05) is 6.92 Å². The van der Waals surface area contributed by atoms with Crippen LogP contribution in [0.15, 0.2) is 0 Å². The van der Waals surface area contributed by atoms with Crippen LogP contribution in [-0.4, -0.2) is 31.2 Å². The molecule has 4 heteroatoms. The molecule has 1 amide bonds. The van der Waals surface area contributed by atoms with Crippen molar-refractivity contribution in [2.45, 2.75) is 52.2 Å². The zero-order chi connectivity index (χ0) is 12.8. The van der Waals surface area contributed by atoms with Gasteiger partial charge in [-0.1, -0.05) is 26.7 Å². The molecule has 0 aromatic heterocycles. The molecule has 4 nitrogen and oxygen atoms in total. The van der Waals surface area contributed by atoms with Crippen LogP contribution < -0.4 is 11.1 Å². The molecule has 0 bridgehead atoms. The van der Waals surface area contributed by atoms with Crippen LogP contribution in [0.2, 0.25) is 0 Å². The van der Waals surface area contributed by atoms with E-state index in [1.54, 1.807) is 0 Å². The Morgan fingerprint density at radius 1 is 1.47 bits per heavy atom. The van der Waals surface area contributed by atoms with Gasteiger partial charge in [0.25, 0.3) is 0 Å². The summed E-state index contributed by atoms with van der Waals surface area (Å²) >= 11 is 0. The molecule has 0 aromatic rings. The van der Waals surface area contributed by atoms with Crippen molar-refractivity contribution in [3.05, 3.63) is 0 Å². The molecule has 3 unspecified atom stereocenters. The molecular formula is C13H26N2O2. The van der Waals surface area contributed by atoms with Gasteiger partial charge in [-0.05, 0) is 19.3 Å². The first-order valence-corrected chi connectivity index (χ1v) is 6.73. The smallest absolute Gasteiger partial charge is 0.225 e. The van der Waals surface area contributed by atoms with Gasteiger partial charge in [0, 0.05) is 12.6 Å². The highest BCUT2D eigenvalue weighted by atomic mass is 16.5. The van der Waals surface area contributed by atoms with Crippen LogP contribution in [0.1, 0.15) is 40.0 Å². The van der Waals surface area contributed by atoms with E-state index in [-0.39, 0.29) is 24.0 Å². The van der Waals surface area contributed by atoms with Crippen molar-refractivity contribution in [3.8, 4) is 0 Å². The fraction of sp³-hybridized carbons (Fsp3) is 0.923. The minimum absolute atomic E-state index is 0.0129. The Hall–Kier alpha value is -0.610. The zero-order valence-corrected chi connectivity index (χ0v) is 11.2. The standard InChI is InChI=1S/C13H26N2O2/c1-4-10(5-2)12(14)7-15-13(16)11-6-9(3)17-8-11/h9-12H,4-8,14H2,1-3H3,(H,15,16). The lowest BCUT2D eigenvalue weighted by molar-refractivity contribution is -0.125. The lowest BCUT2D eigenvalue weighted by atomic mass is 9.94. The Kier molecular flexibility index (Phi) is 5.92. The largest absolute Gasteiger partial charge is 0.378 e. The Morgan fingerprint density at radius 3 is 2.59 bits per heavy atom.